The summed E-state index contributed by atoms with van der Waals surface area (Å²) in [7, 11) is 8.97. The maximum atomic E-state index is 13.4. The van der Waals surface area contributed by atoms with Crippen LogP contribution in [0, 0.1) is 12.7 Å². The Morgan fingerprint density at radius 1 is 1.18 bits per heavy atom. The number of nitrogens with zero attached hydrogens (tertiary/aromatic N) is 3. The number of ether oxygens (including phenoxy) is 1. The highest BCUT2D eigenvalue weighted by atomic mass is 19.1. The molecule has 0 spiro atoms. The lowest BCUT2D eigenvalue weighted by molar-refractivity contribution is -0.119. The van der Waals surface area contributed by atoms with Crippen molar-refractivity contribution >= 4 is 25.0 Å². The second-order valence-electron chi connectivity index (χ2n) is 9.00. The number of hydrogen-bond donors (Lipinski definition) is 2. The second kappa shape index (κ2) is 17.1. The molecule has 0 aliphatic rings. The SMILES string of the molecule is CCC.CCC(=O)C(C)c1cc(OC)ncc1F.[B]c1cc(=O)[nH]c(-c2cc(CCCC)c(NC)nc2C)n1. The number of carbonyl (C=O) groups is 1. The molecule has 39 heavy (non-hydrogen) atoms. The lowest BCUT2D eigenvalue weighted by Crippen LogP contribution is -2.20. The minimum Gasteiger partial charge on any atom is -0.481 e. The van der Waals surface area contributed by atoms with E-state index in [-0.39, 0.29) is 16.9 Å². The first kappa shape index (κ1) is 33.5. The zero-order chi connectivity index (χ0) is 29.5. The molecule has 210 valence electrons. The molecule has 1 atom stereocenters. The van der Waals surface area contributed by atoms with Crippen LogP contribution >= 0.6 is 0 Å². The number of H-pyrrole nitrogens is 1. The van der Waals surface area contributed by atoms with Crippen molar-refractivity contribution in [2.75, 3.05) is 19.5 Å². The molecule has 0 aromatic carbocycles. The van der Waals surface area contributed by atoms with Gasteiger partial charge in [0.2, 0.25) is 11.4 Å². The summed E-state index contributed by atoms with van der Waals surface area (Å²) in [5.41, 5.74) is 3.02. The van der Waals surface area contributed by atoms with Crippen molar-refractivity contribution in [3.8, 4) is 17.3 Å². The number of ketones is 1. The second-order valence-corrected chi connectivity index (χ2v) is 9.00. The van der Waals surface area contributed by atoms with Crippen molar-refractivity contribution in [3.05, 3.63) is 57.4 Å². The van der Waals surface area contributed by atoms with Crippen molar-refractivity contribution in [2.45, 2.75) is 79.6 Å². The minimum absolute atomic E-state index is 0.00199. The molecule has 3 heterocycles. The summed E-state index contributed by atoms with van der Waals surface area (Å²) < 4.78 is 18.3. The van der Waals surface area contributed by atoms with Gasteiger partial charge in [-0.05, 0) is 37.0 Å². The van der Waals surface area contributed by atoms with E-state index in [0.717, 1.165) is 48.1 Å². The number of anilines is 1. The fourth-order valence-electron chi connectivity index (χ4n) is 3.62. The number of methoxy groups -OCH3 is 1. The summed E-state index contributed by atoms with van der Waals surface area (Å²) in [5, 5.41) is 3.12. The standard InChI is InChI=1S/C15H19BN4O.C11H14FNO2.C3H8/c1-4-5-6-10-7-11(9(2)18-14(10)17-3)15-19-12(16)8-13(21)20-15;1-4-10(14)7(2)8-5-11(15-3)13-6-9(8)12;1-3-2/h7-8H,4-6H2,1-3H3,(H,17,18)(H,19,20,21);5-7H,4H2,1-3H3;3H2,1-2H3. The van der Waals surface area contributed by atoms with Crippen molar-refractivity contribution in [3.63, 3.8) is 0 Å². The predicted molar refractivity (Wildman–Crippen MR) is 157 cm³/mol. The summed E-state index contributed by atoms with van der Waals surface area (Å²) in [5.74, 6) is 0.739. The quantitative estimate of drug-likeness (QED) is 0.368. The van der Waals surface area contributed by atoms with Crippen molar-refractivity contribution in [1.82, 2.24) is 19.9 Å². The third-order valence-corrected chi connectivity index (χ3v) is 5.71. The van der Waals surface area contributed by atoms with Crippen LogP contribution in [0.3, 0.4) is 0 Å². The Hall–Kier alpha value is -3.56. The summed E-state index contributed by atoms with van der Waals surface area (Å²) >= 11 is 0. The smallest absolute Gasteiger partial charge is 0.250 e. The third-order valence-electron chi connectivity index (χ3n) is 5.71. The van der Waals surface area contributed by atoms with Crippen LogP contribution in [0.2, 0.25) is 0 Å². The molecule has 0 aliphatic carbocycles. The van der Waals surface area contributed by atoms with Gasteiger partial charge in [0.05, 0.1) is 19.0 Å². The van der Waals surface area contributed by atoms with Crippen LogP contribution in [0.5, 0.6) is 5.88 Å². The summed E-state index contributed by atoms with van der Waals surface area (Å²) in [6.07, 6.45) is 5.85. The van der Waals surface area contributed by atoms with Gasteiger partial charge >= 0.3 is 0 Å². The first-order chi connectivity index (χ1) is 18.6. The van der Waals surface area contributed by atoms with Crippen molar-refractivity contribution in [2.24, 2.45) is 0 Å². The number of halogens is 1. The van der Waals surface area contributed by atoms with Crippen molar-refractivity contribution in [1.29, 1.82) is 0 Å². The van der Waals surface area contributed by atoms with E-state index in [2.05, 4.69) is 46.0 Å². The molecule has 2 radical (unpaired) electrons. The summed E-state index contributed by atoms with van der Waals surface area (Å²) in [6.45, 7) is 11.7. The molecule has 0 saturated carbocycles. The number of unbranched alkanes of at least 4 members (excludes halogenated alkanes) is 1. The lowest BCUT2D eigenvalue weighted by atomic mass is 9.96. The monoisotopic (exact) mass is 537 g/mol. The molecule has 3 aromatic heterocycles. The molecule has 0 bridgehead atoms. The Balaban J connectivity index is 0.000000371. The summed E-state index contributed by atoms with van der Waals surface area (Å²) in [4.78, 5) is 38.2. The van der Waals surface area contributed by atoms with Crippen LogP contribution in [-0.2, 0) is 11.2 Å². The van der Waals surface area contributed by atoms with E-state index >= 15 is 0 Å². The van der Waals surface area contributed by atoms with E-state index in [1.807, 2.05) is 20.0 Å². The van der Waals surface area contributed by atoms with Crippen LogP contribution in [0.25, 0.3) is 11.4 Å². The van der Waals surface area contributed by atoms with Gasteiger partial charge in [0.25, 0.3) is 0 Å². The number of Topliss-reactive ketones (excluding diaryl/α,β-unsaturated/α-hetero) is 1. The Morgan fingerprint density at radius 3 is 2.38 bits per heavy atom. The van der Waals surface area contributed by atoms with Crippen LogP contribution < -0.4 is 21.2 Å². The molecule has 0 fully saturated rings. The molecular weight excluding hydrogens is 496 g/mol. The van der Waals surface area contributed by atoms with Crippen molar-refractivity contribution < 1.29 is 13.9 Å². The van der Waals surface area contributed by atoms with E-state index in [1.165, 1.54) is 25.7 Å². The van der Waals surface area contributed by atoms with Gasteiger partial charge in [-0.3, -0.25) is 9.59 Å². The molecule has 10 heteroatoms. The number of hydrogen-bond acceptors (Lipinski definition) is 7. The number of rotatable bonds is 9. The van der Waals surface area contributed by atoms with E-state index in [0.29, 0.717) is 23.7 Å². The van der Waals surface area contributed by atoms with Gasteiger partial charge in [-0.2, -0.15) is 0 Å². The number of aromatic amines is 1. The minimum atomic E-state index is -0.467. The maximum Gasteiger partial charge on any atom is 0.250 e. The largest absolute Gasteiger partial charge is 0.481 e. The fourth-order valence-corrected chi connectivity index (χ4v) is 3.62. The summed E-state index contributed by atoms with van der Waals surface area (Å²) in [6, 6.07) is 4.77. The molecule has 1 unspecified atom stereocenters. The lowest BCUT2D eigenvalue weighted by Gasteiger charge is -2.13. The number of nitrogens with one attached hydrogen (secondary N) is 2. The van der Waals surface area contributed by atoms with Gasteiger partial charge < -0.3 is 15.0 Å². The van der Waals surface area contributed by atoms with E-state index in [9.17, 15) is 14.0 Å². The molecule has 0 amide bonds. The van der Waals surface area contributed by atoms with Gasteiger partial charge in [0.15, 0.2) is 0 Å². The van der Waals surface area contributed by atoms with Gasteiger partial charge in [-0.1, -0.05) is 47.5 Å². The highest BCUT2D eigenvalue weighted by Gasteiger charge is 2.18. The fraction of sp³-hybridized carbons (Fsp3) is 0.483. The van der Waals surface area contributed by atoms with E-state index in [1.54, 1.807) is 13.8 Å². The van der Waals surface area contributed by atoms with Gasteiger partial charge in [-0.25, -0.2) is 19.3 Å². The van der Waals surface area contributed by atoms with Crippen LogP contribution in [0.15, 0.2) is 29.2 Å². The topological polar surface area (TPSA) is 110 Å². The van der Waals surface area contributed by atoms with Crippen LogP contribution in [0.4, 0.5) is 10.2 Å². The normalized spacial score (nSPS) is 10.9. The van der Waals surface area contributed by atoms with Gasteiger partial charge in [-0.15, -0.1) is 0 Å². The van der Waals surface area contributed by atoms with E-state index < -0.39 is 11.7 Å². The first-order valence-corrected chi connectivity index (χ1v) is 13.3. The first-order valence-electron chi connectivity index (χ1n) is 13.3. The number of carbonyl (C=O) groups excluding carboxylic acids is 1. The molecule has 8 nitrogen and oxygen atoms in total. The molecule has 3 rings (SSSR count). The van der Waals surface area contributed by atoms with Crippen LogP contribution in [0.1, 0.15) is 83.0 Å². The zero-order valence-corrected chi connectivity index (χ0v) is 24.4. The Labute approximate surface area is 232 Å². The molecular formula is C29H41BFN5O3. The third kappa shape index (κ3) is 10.3. The average molecular weight is 537 g/mol. The Kier molecular flexibility index (Phi) is 14.7. The number of aromatic nitrogens is 4. The zero-order valence-electron chi connectivity index (χ0n) is 24.4. The van der Waals surface area contributed by atoms with Gasteiger partial charge in [0, 0.05) is 42.6 Å². The van der Waals surface area contributed by atoms with Gasteiger partial charge in [0.1, 0.15) is 31.1 Å². The highest BCUT2D eigenvalue weighted by Crippen LogP contribution is 2.25. The molecule has 3 aromatic rings. The molecule has 0 aliphatic heterocycles. The number of aryl methyl sites for hydroxylation is 2. The average Bonchev–Trinajstić information content (AvgIpc) is 2.91. The highest BCUT2D eigenvalue weighted by molar-refractivity contribution is 6.30. The molecule has 0 saturated heterocycles. The predicted octanol–water partition coefficient (Wildman–Crippen LogP) is 5.05. The Morgan fingerprint density at radius 2 is 1.85 bits per heavy atom. The number of pyridine rings is 2. The maximum absolute atomic E-state index is 13.4. The molecule has 2 N–H and O–H groups in total. The van der Waals surface area contributed by atoms with E-state index in [4.69, 9.17) is 12.6 Å². The Bertz CT molecular complexity index is 1270. The van der Waals surface area contributed by atoms with Crippen LogP contribution in [-0.4, -0.2) is 47.7 Å².